The van der Waals surface area contributed by atoms with E-state index in [-0.39, 0.29) is 23.3 Å². The Hall–Kier alpha value is -1.18. The van der Waals surface area contributed by atoms with Crippen LogP contribution in [0.3, 0.4) is 0 Å². The number of amides is 2. The van der Waals surface area contributed by atoms with Crippen LogP contribution >= 0.6 is 0 Å². The molecule has 20 heavy (non-hydrogen) atoms. The van der Waals surface area contributed by atoms with E-state index < -0.39 is 6.10 Å². The average Bonchev–Trinajstić information content (AvgIpc) is 3.05. The molecule has 0 saturated carbocycles. The summed E-state index contributed by atoms with van der Waals surface area (Å²) in [4.78, 5) is 25.5. The van der Waals surface area contributed by atoms with Gasteiger partial charge in [0.15, 0.2) is 0 Å². The number of nitrogens with two attached hydrogens (primary N) is 1. The monoisotopic (exact) mass is 284 g/mol. The lowest BCUT2D eigenvalue weighted by molar-refractivity contribution is -0.132. The number of ether oxygens (including phenoxy) is 1. The van der Waals surface area contributed by atoms with Crippen LogP contribution in [0.2, 0.25) is 0 Å². The van der Waals surface area contributed by atoms with Gasteiger partial charge in [0.25, 0.3) is 5.91 Å². The normalized spacial score (nSPS) is 34.1. The first kappa shape index (κ1) is 15.2. The van der Waals surface area contributed by atoms with Crippen molar-refractivity contribution in [2.75, 3.05) is 26.7 Å². The van der Waals surface area contributed by atoms with Crippen LogP contribution in [0.1, 0.15) is 26.2 Å². The van der Waals surface area contributed by atoms with E-state index in [1.807, 2.05) is 6.92 Å². The van der Waals surface area contributed by atoms with Crippen molar-refractivity contribution in [3.63, 3.8) is 0 Å². The lowest BCUT2D eigenvalue weighted by Crippen LogP contribution is -2.41. The maximum Gasteiger partial charge on any atom is 0.263 e. The summed E-state index contributed by atoms with van der Waals surface area (Å²) in [6.07, 6.45) is 2.02. The zero-order valence-corrected chi connectivity index (χ0v) is 12.1. The molecule has 0 aliphatic carbocycles. The molecule has 2 fully saturated rings. The van der Waals surface area contributed by atoms with Crippen molar-refractivity contribution in [3.8, 4) is 0 Å². The third kappa shape index (κ3) is 3.11. The standard InChI is InChI=1S/C13H24N4O3/c1-13(12(19)15-2)5-6-17(8-13)7-9-3-4-10(20-9)11(18)16-14/h9-10H,3-8,14H2,1-2H3,(H,15,19)(H,16,18). The summed E-state index contributed by atoms with van der Waals surface area (Å²) in [7, 11) is 1.67. The molecule has 2 heterocycles. The van der Waals surface area contributed by atoms with E-state index in [0.29, 0.717) is 6.42 Å². The molecule has 114 valence electrons. The van der Waals surface area contributed by atoms with Gasteiger partial charge < -0.3 is 10.1 Å². The Bertz CT molecular complexity index is 390. The molecule has 0 radical (unpaired) electrons. The predicted molar refractivity (Wildman–Crippen MR) is 73.5 cm³/mol. The number of likely N-dealkylation sites (tertiary alicyclic amines) is 1. The number of carbonyl (C=O) groups excluding carboxylic acids is 2. The minimum atomic E-state index is -0.432. The predicted octanol–water partition coefficient (Wildman–Crippen LogP) is -1.02. The minimum absolute atomic E-state index is 0.0457. The average molecular weight is 284 g/mol. The number of carbonyl (C=O) groups is 2. The van der Waals surface area contributed by atoms with Gasteiger partial charge in [-0.15, -0.1) is 0 Å². The number of nitrogens with zero attached hydrogens (tertiary/aromatic N) is 1. The first-order chi connectivity index (χ1) is 9.48. The SMILES string of the molecule is CNC(=O)C1(C)CCN(CC2CCC(C(=O)NN)O2)C1. The molecule has 0 bridgehead atoms. The second-order valence-electron chi connectivity index (χ2n) is 5.96. The molecular weight excluding hydrogens is 260 g/mol. The van der Waals surface area contributed by atoms with E-state index in [0.717, 1.165) is 32.5 Å². The number of nitrogens with one attached hydrogen (secondary N) is 2. The molecule has 2 aliphatic rings. The lowest BCUT2D eigenvalue weighted by atomic mass is 9.89. The van der Waals surface area contributed by atoms with Gasteiger partial charge >= 0.3 is 0 Å². The fourth-order valence-electron chi connectivity index (χ4n) is 3.11. The number of hydrogen-bond acceptors (Lipinski definition) is 5. The van der Waals surface area contributed by atoms with E-state index in [2.05, 4.69) is 15.6 Å². The Morgan fingerprint density at radius 3 is 2.85 bits per heavy atom. The smallest absolute Gasteiger partial charge is 0.263 e. The van der Waals surface area contributed by atoms with E-state index in [1.165, 1.54) is 0 Å². The third-order valence-corrected chi connectivity index (χ3v) is 4.33. The number of rotatable bonds is 4. The Morgan fingerprint density at radius 1 is 1.45 bits per heavy atom. The molecule has 2 saturated heterocycles. The van der Waals surface area contributed by atoms with Gasteiger partial charge in [0, 0.05) is 20.1 Å². The molecule has 0 aromatic heterocycles. The van der Waals surface area contributed by atoms with Crippen LogP contribution in [0, 0.1) is 5.41 Å². The molecule has 7 nitrogen and oxygen atoms in total. The summed E-state index contributed by atoms with van der Waals surface area (Å²) in [5, 5.41) is 2.73. The molecule has 0 aromatic carbocycles. The lowest BCUT2D eigenvalue weighted by Gasteiger charge is -2.24. The van der Waals surface area contributed by atoms with Crippen LogP contribution < -0.4 is 16.6 Å². The molecule has 4 N–H and O–H groups in total. The highest BCUT2D eigenvalue weighted by Crippen LogP contribution is 2.31. The maximum absolute atomic E-state index is 11.9. The molecular formula is C13H24N4O3. The van der Waals surface area contributed by atoms with Gasteiger partial charge in [0.2, 0.25) is 5.91 Å². The van der Waals surface area contributed by atoms with E-state index in [9.17, 15) is 9.59 Å². The number of hydrazine groups is 1. The topological polar surface area (TPSA) is 96.7 Å². The van der Waals surface area contributed by atoms with E-state index in [1.54, 1.807) is 7.05 Å². The first-order valence-corrected chi connectivity index (χ1v) is 7.09. The molecule has 0 spiro atoms. The van der Waals surface area contributed by atoms with Crippen LogP contribution in [-0.4, -0.2) is 55.6 Å². The van der Waals surface area contributed by atoms with Gasteiger partial charge in [-0.1, -0.05) is 0 Å². The molecule has 3 atom stereocenters. The van der Waals surface area contributed by atoms with Crippen molar-refractivity contribution in [2.45, 2.75) is 38.4 Å². The zero-order chi connectivity index (χ0) is 14.8. The summed E-state index contributed by atoms with van der Waals surface area (Å²) in [5.74, 6) is 4.94. The summed E-state index contributed by atoms with van der Waals surface area (Å²) >= 11 is 0. The van der Waals surface area contributed by atoms with Crippen LogP contribution in [0.5, 0.6) is 0 Å². The van der Waals surface area contributed by atoms with E-state index in [4.69, 9.17) is 10.6 Å². The van der Waals surface area contributed by atoms with Crippen molar-refractivity contribution >= 4 is 11.8 Å². The van der Waals surface area contributed by atoms with Crippen molar-refractivity contribution in [3.05, 3.63) is 0 Å². The van der Waals surface area contributed by atoms with Gasteiger partial charge in [-0.2, -0.15) is 0 Å². The number of hydrogen-bond donors (Lipinski definition) is 3. The Balaban J connectivity index is 1.82. The Morgan fingerprint density at radius 2 is 2.20 bits per heavy atom. The largest absolute Gasteiger partial charge is 0.364 e. The van der Waals surface area contributed by atoms with Crippen LogP contribution in [0.4, 0.5) is 0 Å². The van der Waals surface area contributed by atoms with Crippen molar-refractivity contribution in [1.29, 1.82) is 0 Å². The zero-order valence-electron chi connectivity index (χ0n) is 12.1. The summed E-state index contributed by atoms with van der Waals surface area (Å²) in [6, 6.07) is 0. The molecule has 2 rings (SSSR count). The molecule has 2 aliphatic heterocycles. The van der Waals surface area contributed by atoms with Crippen molar-refractivity contribution in [1.82, 2.24) is 15.6 Å². The van der Waals surface area contributed by atoms with Gasteiger partial charge in [0.1, 0.15) is 6.10 Å². The second kappa shape index (κ2) is 6.07. The van der Waals surface area contributed by atoms with Gasteiger partial charge in [-0.3, -0.25) is 19.9 Å². The van der Waals surface area contributed by atoms with Crippen LogP contribution in [-0.2, 0) is 14.3 Å². The summed E-state index contributed by atoms with van der Waals surface area (Å²) < 4.78 is 5.70. The van der Waals surface area contributed by atoms with Gasteiger partial charge in [-0.25, -0.2) is 5.84 Å². The third-order valence-electron chi connectivity index (χ3n) is 4.33. The minimum Gasteiger partial charge on any atom is -0.364 e. The van der Waals surface area contributed by atoms with Crippen molar-refractivity contribution < 1.29 is 14.3 Å². The Labute approximate surface area is 119 Å². The molecule has 3 unspecified atom stereocenters. The fraction of sp³-hybridized carbons (Fsp3) is 0.846. The molecule has 2 amide bonds. The quantitative estimate of drug-likeness (QED) is 0.349. The molecule has 7 heteroatoms. The second-order valence-corrected chi connectivity index (χ2v) is 5.96. The van der Waals surface area contributed by atoms with Gasteiger partial charge in [-0.05, 0) is 32.7 Å². The summed E-state index contributed by atoms with van der Waals surface area (Å²) in [6.45, 7) is 4.38. The van der Waals surface area contributed by atoms with Crippen LogP contribution in [0.15, 0.2) is 0 Å². The first-order valence-electron chi connectivity index (χ1n) is 7.09. The summed E-state index contributed by atoms with van der Waals surface area (Å²) in [5.41, 5.74) is 1.81. The molecule has 0 aromatic rings. The highest BCUT2D eigenvalue weighted by molar-refractivity contribution is 5.82. The van der Waals surface area contributed by atoms with Crippen molar-refractivity contribution in [2.24, 2.45) is 11.3 Å². The Kier molecular flexibility index (Phi) is 4.62. The fourth-order valence-corrected chi connectivity index (χ4v) is 3.11. The highest BCUT2D eigenvalue weighted by atomic mass is 16.5. The van der Waals surface area contributed by atoms with E-state index >= 15 is 0 Å². The van der Waals surface area contributed by atoms with Gasteiger partial charge in [0.05, 0.1) is 11.5 Å². The maximum atomic E-state index is 11.9. The highest BCUT2D eigenvalue weighted by Gasteiger charge is 2.41. The van der Waals surface area contributed by atoms with Crippen LogP contribution in [0.25, 0.3) is 0 Å².